The van der Waals surface area contributed by atoms with Crippen molar-refractivity contribution in [2.45, 2.75) is 53.2 Å². The van der Waals surface area contributed by atoms with E-state index in [1.165, 1.54) is 7.11 Å². The van der Waals surface area contributed by atoms with Crippen LogP contribution in [-0.2, 0) is 22.6 Å². The van der Waals surface area contributed by atoms with E-state index in [0.717, 1.165) is 12.1 Å². The fourth-order valence-electron chi connectivity index (χ4n) is 2.92. The molecule has 1 N–H and O–H groups in total. The number of nitrogens with zero attached hydrogens (tertiary/aromatic N) is 2. The Morgan fingerprint density at radius 3 is 2.66 bits per heavy atom. The largest absolute Gasteiger partial charge is 0.454 e. The lowest BCUT2D eigenvalue weighted by atomic mass is 10.1. The summed E-state index contributed by atoms with van der Waals surface area (Å²) in [5, 5.41) is 2.95. The lowest BCUT2D eigenvalue weighted by Crippen LogP contribution is -2.35. The quantitative estimate of drug-likeness (QED) is 0.625. The Bertz CT molecular complexity index is 794. The number of furan rings is 1. The van der Waals surface area contributed by atoms with Gasteiger partial charge in [-0.1, -0.05) is 20.8 Å². The second-order valence-corrected chi connectivity index (χ2v) is 7.65. The minimum Gasteiger partial charge on any atom is -0.454 e. The zero-order chi connectivity index (χ0) is 21.4. The summed E-state index contributed by atoms with van der Waals surface area (Å²) in [6, 6.07) is 7.52. The zero-order valence-electron chi connectivity index (χ0n) is 18.1. The van der Waals surface area contributed by atoms with E-state index in [9.17, 15) is 9.59 Å². The molecular weight excluding hydrogens is 370 g/mol. The van der Waals surface area contributed by atoms with Gasteiger partial charge in [0.1, 0.15) is 12.4 Å². The molecule has 2 aromatic heterocycles. The molecule has 0 saturated heterocycles. The molecule has 0 saturated carbocycles. The van der Waals surface area contributed by atoms with Crippen molar-refractivity contribution in [3.05, 3.63) is 47.7 Å². The van der Waals surface area contributed by atoms with Crippen molar-refractivity contribution in [2.24, 2.45) is 5.92 Å². The van der Waals surface area contributed by atoms with Crippen LogP contribution in [-0.4, -0.2) is 47.6 Å². The van der Waals surface area contributed by atoms with Gasteiger partial charge in [0, 0.05) is 31.6 Å². The average molecular weight is 404 g/mol. The molecule has 0 aliphatic heterocycles. The topological polar surface area (TPSA) is 76.7 Å². The standard InChI is InChI=1S/C22H33N3O4/c1-6-11-25(21(26)15-28-5)13-18-8-7-12-24(18)14-19-9-10-20(29-19)22(27)23-17(4)16(2)3/h7-10,12,16-17H,6,11,13-15H2,1-5H3,(H,23,27). The average Bonchev–Trinajstić information content (AvgIpc) is 3.31. The van der Waals surface area contributed by atoms with E-state index in [0.29, 0.717) is 37.1 Å². The summed E-state index contributed by atoms with van der Waals surface area (Å²) in [5.41, 5.74) is 0.999. The number of methoxy groups -OCH3 is 1. The van der Waals surface area contributed by atoms with Crippen molar-refractivity contribution < 1.29 is 18.7 Å². The normalized spacial score (nSPS) is 12.2. The molecule has 0 bridgehead atoms. The summed E-state index contributed by atoms with van der Waals surface area (Å²) < 4.78 is 12.8. The Morgan fingerprint density at radius 2 is 2.00 bits per heavy atom. The molecule has 2 amide bonds. The first-order valence-corrected chi connectivity index (χ1v) is 10.2. The van der Waals surface area contributed by atoms with Crippen molar-refractivity contribution in [1.29, 1.82) is 0 Å². The molecule has 29 heavy (non-hydrogen) atoms. The van der Waals surface area contributed by atoms with E-state index in [1.54, 1.807) is 11.0 Å². The number of rotatable bonds is 11. The lowest BCUT2D eigenvalue weighted by molar-refractivity contribution is -0.135. The number of ether oxygens (including phenoxy) is 1. The van der Waals surface area contributed by atoms with Crippen LogP contribution in [0.2, 0.25) is 0 Å². The van der Waals surface area contributed by atoms with E-state index in [4.69, 9.17) is 9.15 Å². The Balaban J connectivity index is 2.05. The van der Waals surface area contributed by atoms with Crippen LogP contribution >= 0.6 is 0 Å². The molecule has 0 aliphatic carbocycles. The van der Waals surface area contributed by atoms with Gasteiger partial charge < -0.3 is 23.9 Å². The number of hydrogen-bond donors (Lipinski definition) is 1. The Kier molecular flexibility index (Phi) is 8.51. The minimum atomic E-state index is -0.204. The highest BCUT2D eigenvalue weighted by molar-refractivity contribution is 5.91. The van der Waals surface area contributed by atoms with Gasteiger partial charge >= 0.3 is 0 Å². The van der Waals surface area contributed by atoms with E-state index < -0.39 is 0 Å². The summed E-state index contributed by atoms with van der Waals surface area (Å²) in [5.74, 6) is 1.12. The molecule has 7 nitrogen and oxygen atoms in total. The highest BCUT2D eigenvalue weighted by Crippen LogP contribution is 2.14. The van der Waals surface area contributed by atoms with E-state index >= 15 is 0 Å². The van der Waals surface area contributed by atoms with Crippen LogP contribution < -0.4 is 5.32 Å². The molecule has 1 atom stereocenters. The van der Waals surface area contributed by atoms with Gasteiger partial charge in [-0.15, -0.1) is 0 Å². The number of nitrogens with one attached hydrogen (secondary N) is 1. The van der Waals surface area contributed by atoms with Crippen molar-refractivity contribution in [1.82, 2.24) is 14.8 Å². The molecular formula is C22H33N3O4. The molecule has 0 aromatic carbocycles. The Morgan fingerprint density at radius 1 is 1.24 bits per heavy atom. The summed E-state index contributed by atoms with van der Waals surface area (Å²) in [7, 11) is 1.53. The van der Waals surface area contributed by atoms with Crippen LogP contribution in [0.15, 0.2) is 34.9 Å². The van der Waals surface area contributed by atoms with Gasteiger partial charge in [0.2, 0.25) is 5.91 Å². The van der Waals surface area contributed by atoms with Gasteiger partial charge in [-0.3, -0.25) is 9.59 Å². The van der Waals surface area contributed by atoms with E-state index in [2.05, 4.69) is 19.2 Å². The molecule has 0 radical (unpaired) electrons. The van der Waals surface area contributed by atoms with Crippen LogP contribution in [0.25, 0.3) is 0 Å². The van der Waals surface area contributed by atoms with Gasteiger partial charge in [-0.2, -0.15) is 0 Å². The molecule has 1 unspecified atom stereocenters. The third kappa shape index (κ3) is 6.49. The summed E-state index contributed by atoms with van der Waals surface area (Å²) in [6.45, 7) is 9.89. The molecule has 7 heteroatoms. The van der Waals surface area contributed by atoms with Crippen LogP contribution in [0.5, 0.6) is 0 Å². The maximum absolute atomic E-state index is 12.3. The molecule has 160 valence electrons. The number of amides is 2. The molecule has 0 aliphatic rings. The number of carbonyl (C=O) groups excluding carboxylic acids is 2. The molecule has 2 rings (SSSR count). The van der Waals surface area contributed by atoms with E-state index in [-0.39, 0.29) is 24.5 Å². The highest BCUT2D eigenvalue weighted by atomic mass is 16.5. The second kappa shape index (κ2) is 10.9. The summed E-state index contributed by atoms with van der Waals surface area (Å²) in [6.07, 6.45) is 2.82. The van der Waals surface area contributed by atoms with Gasteiger partial charge in [0.05, 0.1) is 13.1 Å². The first kappa shape index (κ1) is 22.7. The first-order valence-electron chi connectivity index (χ1n) is 10.2. The van der Waals surface area contributed by atoms with Crippen LogP contribution in [0.1, 0.15) is 56.1 Å². The summed E-state index contributed by atoms with van der Waals surface area (Å²) >= 11 is 0. The second-order valence-electron chi connectivity index (χ2n) is 7.65. The number of aromatic nitrogens is 1. The van der Waals surface area contributed by atoms with Gasteiger partial charge in [-0.05, 0) is 43.5 Å². The van der Waals surface area contributed by atoms with E-state index in [1.807, 2.05) is 42.8 Å². The van der Waals surface area contributed by atoms with Crippen molar-refractivity contribution in [3.63, 3.8) is 0 Å². The Labute approximate surface area is 173 Å². The first-order chi connectivity index (χ1) is 13.8. The maximum Gasteiger partial charge on any atom is 0.287 e. The highest BCUT2D eigenvalue weighted by Gasteiger charge is 2.17. The number of hydrogen-bond acceptors (Lipinski definition) is 4. The predicted octanol–water partition coefficient (Wildman–Crippen LogP) is 3.29. The third-order valence-corrected chi connectivity index (χ3v) is 4.96. The van der Waals surface area contributed by atoms with Crippen LogP contribution in [0, 0.1) is 5.92 Å². The van der Waals surface area contributed by atoms with Crippen molar-refractivity contribution >= 4 is 11.8 Å². The van der Waals surface area contributed by atoms with Gasteiger partial charge in [0.15, 0.2) is 5.76 Å². The third-order valence-electron chi connectivity index (χ3n) is 4.96. The van der Waals surface area contributed by atoms with Crippen LogP contribution in [0.4, 0.5) is 0 Å². The molecule has 2 heterocycles. The Hall–Kier alpha value is -2.54. The number of carbonyl (C=O) groups is 2. The molecule has 0 spiro atoms. The minimum absolute atomic E-state index is 0.0293. The lowest BCUT2D eigenvalue weighted by Gasteiger charge is -2.22. The maximum atomic E-state index is 12.3. The fourth-order valence-corrected chi connectivity index (χ4v) is 2.92. The molecule has 2 aromatic rings. The monoisotopic (exact) mass is 403 g/mol. The zero-order valence-corrected chi connectivity index (χ0v) is 18.1. The summed E-state index contributed by atoms with van der Waals surface area (Å²) in [4.78, 5) is 26.4. The predicted molar refractivity (Wildman–Crippen MR) is 112 cm³/mol. The van der Waals surface area contributed by atoms with Gasteiger partial charge in [-0.25, -0.2) is 0 Å². The fraction of sp³-hybridized carbons (Fsp3) is 0.545. The van der Waals surface area contributed by atoms with Crippen molar-refractivity contribution in [3.8, 4) is 0 Å². The molecule has 0 fully saturated rings. The smallest absolute Gasteiger partial charge is 0.287 e. The van der Waals surface area contributed by atoms with Crippen molar-refractivity contribution in [2.75, 3.05) is 20.3 Å². The van der Waals surface area contributed by atoms with Crippen LogP contribution in [0.3, 0.4) is 0 Å². The SMILES string of the molecule is CCCN(Cc1cccn1Cc1ccc(C(=O)NC(C)C(C)C)o1)C(=O)COC. The van der Waals surface area contributed by atoms with Gasteiger partial charge in [0.25, 0.3) is 5.91 Å².